The molecule has 5 heteroatoms. The third kappa shape index (κ3) is 9.24. The fraction of sp³-hybridized carbons (Fsp3) is 0.923. The van der Waals surface area contributed by atoms with Crippen molar-refractivity contribution in [2.45, 2.75) is 71.8 Å². The maximum absolute atomic E-state index is 11.6. The number of nitrogens with one attached hydrogen (secondary N) is 1. The Hall–Kier alpha value is -0.810. The molecule has 2 N–H and O–H groups in total. The van der Waals surface area contributed by atoms with E-state index in [2.05, 4.69) is 5.32 Å². The van der Waals surface area contributed by atoms with Gasteiger partial charge >= 0.3 is 6.09 Å². The Kier molecular flexibility index (Phi) is 6.63. The SMILES string of the molecule is CC[C@@H](O)CCOC(C)(C)NC(=O)OC(C)(C)C. The second kappa shape index (κ2) is 6.95. The number of carbonyl (C=O) groups excluding carboxylic acids is 1. The number of amides is 1. The van der Waals surface area contributed by atoms with Crippen molar-refractivity contribution in [3.8, 4) is 0 Å². The second-order valence-electron chi connectivity index (χ2n) is 5.84. The van der Waals surface area contributed by atoms with Gasteiger partial charge in [-0.2, -0.15) is 0 Å². The Morgan fingerprint density at radius 1 is 1.28 bits per heavy atom. The van der Waals surface area contributed by atoms with Crippen molar-refractivity contribution in [2.75, 3.05) is 6.61 Å². The van der Waals surface area contributed by atoms with Crippen LogP contribution in [-0.2, 0) is 9.47 Å². The Morgan fingerprint density at radius 2 is 1.83 bits per heavy atom. The highest BCUT2D eigenvalue weighted by atomic mass is 16.6. The van der Waals surface area contributed by atoms with E-state index < -0.39 is 17.4 Å². The van der Waals surface area contributed by atoms with Crippen LogP contribution in [0.15, 0.2) is 0 Å². The lowest BCUT2D eigenvalue weighted by Crippen LogP contribution is -2.48. The monoisotopic (exact) mass is 261 g/mol. The number of hydrogen-bond acceptors (Lipinski definition) is 4. The van der Waals surface area contributed by atoms with Gasteiger partial charge in [-0.05, 0) is 47.5 Å². The van der Waals surface area contributed by atoms with Crippen molar-refractivity contribution in [1.82, 2.24) is 5.32 Å². The summed E-state index contributed by atoms with van der Waals surface area (Å²) in [5.41, 5.74) is -1.34. The number of aliphatic hydroxyl groups is 1. The summed E-state index contributed by atoms with van der Waals surface area (Å²) in [6.07, 6.45) is 0.380. The minimum absolute atomic E-state index is 0.359. The molecule has 0 aromatic carbocycles. The van der Waals surface area contributed by atoms with Crippen LogP contribution in [0.3, 0.4) is 0 Å². The molecule has 0 saturated carbocycles. The topological polar surface area (TPSA) is 67.8 Å². The zero-order valence-corrected chi connectivity index (χ0v) is 12.4. The molecule has 1 atom stereocenters. The molecule has 0 aliphatic carbocycles. The predicted molar refractivity (Wildman–Crippen MR) is 70.3 cm³/mol. The van der Waals surface area contributed by atoms with Gasteiger partial charge in [0, 0.05) is 0 Å². The molecule has 1 amide bonds. The molecule has 0 radical (unpaired) electrons. The van der Waals surface area contributed by atoms with Gasteiger partial charge in [0.2, 0.25) is 0 Å². The molecule has 0 unspecified atom stereocenters. The van der Waals surface area contributed by atoms with E-state index in [9.17, 15) is 9.90 Å². The van der Waals surface area contributed by atoms with E-state index in [4.69, 9.17) is 9.47 Å². The lowest BCUT2D eigenvalue weighted by Gasteiger charge is -2.29. The molecule has 5 nitrogen and oxygen atoms in total. The molecule has 0 bridgehead atoms. The maximum Gasteiger partial charge on any atom is 0.409 e. The van der Waals surface area contributed by atoms with Crippen LogP contribution in [0.1, 0.15) is 54.4 Å². The van der Waals surface area contributed by atoms with Crippen molar-refractivity contribution in [3.05, 3.63) is 0 Å². The third-order valence-electron chi connectivity index (χ3n) is 2.19. The van der Waals surface area contributed by atoms with Crippen LogP contribution in [0.5, 0.6) is 0 Å². The molecule has 0 fully saturated rings. The van der Waals surface area contributed by atoms with E-state index in [1.807, 2.05) is 6.92 Å². The molecule has 0 saturated heterocycles. The van der Waals surface area contributed by atoms with Gasteiger partial charge in [0.25, 0.3) is 0 Å². The fourth-order valence-corrected chi connectivity index (χ4v) is 1.24. The van der Waals surface area contributed by atoms with Crippen molar-refractivity contribution >= 4 is 6.09 Å². The van der Waals surface area contributed by atoms with Crippen LogP contribution in [0.4, 0.5) is 4.79 Å². The first-order chi connectivity index (χ1) is 8.06. The van der Waals surface area contributed by atoms with Gasteiger partial charge in [0.15, 0.2) is 0 Å². The summed E-state index contributed by atoms with van der Waals surface area (Å²) in [5, 5.41) is 12.0. The second-order valence-corrected chi connectivity index (χ2v) is 5.84. The molecule has 0 heterocycles. The Bertz CT molecular complexity index is 258. The van der Waals surface area contributed by atoms with Crippen molar-refractivity contribution in [1.29, 1.82) is 0 Å². The van der Waals surface area contributed by atoms with Crippen LogP contribution in [-0.4, -0.2) is 35.2 Å². The minimum atomic E-state index is -0.810. The van der Waals surface area contributed by atoms with E-state index in [-0.39, 0.29) is 6.10 Å². The molecule has 0 rings (SSSR count). The highest BCUT2D eigenvalue weighted by molar-refractivity contribution is 5.68. The quantitative estimate of drug-likeness (QED) is 0.721. The molecule has 0 aliphatic heterocycles. The number of carbonyl (C=O) groups is 1. The Labute approximate surface area is 110 Å². The fourth-order valence-electron chi connectivity index (χ4n) is 1.24. The van der Waals surface area contributed by atoms with Crippen molar-refractivity contribution in [2.24, 2.45) is 0 Å². The average Bonchev–Trinajstić information content (AvgIpc) is 2.12. The Balaban J connectivity index is 4.03. The van der Waals surface area contributed by atoms with Gasteiger partial charge in [-0.25, -0.2) is 4.79 Å². The Morgan fingerprint density at radius 3 is 2.28 bits per heavy atom. The molecule has 0 spiro atoms. The largest absolute Gasteiger partial charge is 0.444 e. The number of rotatable bonds is 6. The minimum Gasteiger partial charge on any atom is -0.444 e. The third-order valence-corrected chi connectivity index (χ3v) is 2.19. The molecular formula is C13H27NO4. The maximum atomic E-state index is 11.6. The van der Waals surface area contributed by atoms with Gasteiger partial charge in [0.05, 0.1) is 12.7 Å². The standard InChI is InChI=1S/C13H27NO4/c1-7-10(15)8-9-17-13(5,6)14-11(16)18-12(2,3)4/h10,15H,7-9H2,1-6H3,(H,14,16)/t10-/m1/s1. The van der Waals surface area contributed by atoms with Crippen LogP contribution < -0.4 is 5.32 Å². The zero-order chi connectivity index (χ0) is 14.4. The van der Waals surface area contributed by atoms with Gasteiger partial charge < -0.3 is 14.6 Å². The summed E-state index contributed by atoms with van der Waals surface area (Å²) < 4.78 is 10.7. The van der Waals surface area contributed by atoms with Crippen LogP contribution in [0.25, 0.3) is 0 Å². The van der Waals surface area contributed by atoms with E-state index in [1.54, 1.807) is 34.6 Å². The van der Waals surface area contributed by atoms with Gasteiger partial charge in [-0.3, -0.25) is 5.32 Å². The highest BCUT2D eigenvalue weighted by Crippen LogP contribution is 2.11. The van der Waals surface area contributed by atoms with Crippen molar-refractivity contribution < 1.29 is 19.4 Å². The molecule has 18 heavy (non-hydrogen) atoms. The summed E-state index contributed by atoms with van der Waals surface area (Å²) in [6, 6.07) is 0. The number of hydrogen-bond donors (Lipinski definition) is 2. The predicted octanol–water partition coefficient (Wildman–Crippen LogP) is 2.42. The molecule has 108 valence electrons. The van der Waals surface area contributed by atoms with E-state index in [1.165, 1.54) is 0 Å². The van der Waals surface area contributed by atoms with Crippen LogP contribution in [0.2, 0.25) is 0 Å². The average molecular weight is 261 g/mol. The first-order valence-electron chi connectivity index (χ1n) is 6.39. The number of ether oxygens (including phenoxy) is 2. The summed E-state index contributed by atoms with van der Waals surface area (Å²) in [5.74, 6) is 0. The van der Waals surface area contributed by atoms with Gasteiger partial charge in [-0.1, -0.05) is 6.92 Å². The van der Waals surface area contributed by atoms with E-state index in [0.29, 0.717) is 19.4 Å². The first kappa shape index (κ1) is 17.2. The van der Waals surface area contributed by atoms with Gasteiger partial charge in [0.1, 0.15) is 11.3 Å². The lowest BCUT2D eigenvalue weighted by atomic mass is 10.2. The lowest BCUT2D eigenvalue weighted by molar-refractivity contribution is -0.0571. The van der Waals surface area contributed by atoms with Crippen LogP contribution >= 0.6 is 0 Å². The van der Waals surface area contributed by atoms with Gasteiger partial charge in [-0.15, -0.1) is 0 Å². The van der Waals surface area contributed by atoms with Crippen LogP contribution in [0, 0.1) is 0 Å². The summed E-state index contributed by atoms with van der Waals surface area (Å²) >= 11 is 0. The summed E-state index contributed by atoms with van der Waals surface area (Å²) in [4.78, 5) is 11.6. The van der Waals surface area contributed by atoms with Crippen molar-refractivity contribution in [3.63, 3.8) is 0 Å². The molecule has 0 aromatic heterocycles. The normalized spacial score (nSPS) is 14.2. The number of alkyl carbamates (subject to hydrolysis) is 1. The highest BCUT2D eigenvalue weighted by Gasteiger charge is 2.25. The first-order valence-corrected chi connectivity index (χ1v) is 6.39. The smallest absolute Gasteiger partial charge is 0.409 e. The van der Waals surface area contributed by atoms with E-state index in [0.717, 1.165) is 0 Å². The summed E-state index contributed by atoms with van der Waals surface area (Å²) in [6.45, 7) is 11.2. The molecular weight excluding hydrogens is 234 g/mol. The number of aliphatic hydroxyl groups excluding tert-OH is 1. The summed E-state index contributed by atoms with van der Waals surface area (Å²) in [7, 11) is 0. The zero-order valence-electron chi connectivity index (χ0n) is 12.4. The molecule has 0 aromatic rings. The molecule has 0 aliphatic rings. The van der Waals surface area contributed by atoms with E-state index >= 15 is 0 Å².